The highest BCUT2D eigenvalue weighted by molar-refractivity contribution is 7.12. The van der Waals surface area contributed by atoms with Gasteiger partial charge in [0.2, 0.25) is 5.91 Å². The molecule has 0 spiro atoms. The summed E-state index contributed by atoms with van der Waals surface area (Å²) in [5.41, 5.74) is 0.430. The van der Waals surface area contributed by atoms with Gasteiger partial charge in [0.1, 0.15) is 0 Å². The minimum absolute atomic E-state index is 0.111. The Morgan fingerprint density at radius 1 is 1.82 bits per heavy atom. The van der Waals surface area contributed by atoms with E-state index in [1.54, 1.807) is 11.4 Å². The Bertz CT molecular complexity index is 280. The Kier molecular flexibility index (Phi) is 2.28. The first-order valence-corrected chi connectivity index (χ1v) is 3.82. The van der Waals surface area contributed by atoms with Crippen molar-refractivity contribution in [2.24, 2.45) is 0 Å². The van der Waals surface area contributed by atoms with Gasteiger partial charge >= 0.3 is 0 Å². The molecule has 0 aliphatic heterocycles. The number of carbonyl (C=O) groups excluding carboxylic acids is 1. The number of anilines is 1. The Morgan fingerprint density at radius 2 is 2.55 bits per heavy atom. The lowest BCUT2D eigenvalue weighted by atomic mass is 10.5. The van der Waals surface area contributed by atoms with Crippen molar-refractivity contribution in [3.63, 3.8) is 0 Å². The number of carbonyl (C=O) groups is 1. The van der Waals surface area contributed by atoms with Gasteiger partial charge in [-0.1, -0.05) is 6.58 Å². The second-order valence-electron chi connectivity index (χ2n) is 1.83. The SMILES string of the molecule is C=CC(=O)Nc1ccsc1O. The molecule has 0 radical (unpaired) electrons. The maximum Gasteiger partial charge on any atom is 0.247 e. The summed E-state index contributed by atoms with van der Waals surface area (Å²) in [6, 6.07) is 1.63. The molecule has 1 aromatic rings. The van der Waals surface area contributed by atoms with Crippen LogP contribution in [0.2, 0.25) is 0 Å². The van der Waals surface area contributed by atoms with Crippen LogP contribution in [0.4, 0.5) is 5.69 Å². The summed E-state index contributed by atoms with van der Waals surface area (Å²) in [6.07, 6.45) is 1.15. The second-order valence-corrected chi connectivity index (χ2v) is 2.73. The van der Waals surface area contributed by atoms with Gasteiger partial charge in [0, 0.05) is 0 Å². The summed E-state index contributed by atoms with van der Waals surface area (Å²) in [4.78, 5) is 10.7. The second kappa shape index (κ2) is 3.21. The van der Waals surface area contributed by atoms with Gasteiger partial charge in [-0.15, -0.1) is 11.3 Å². The summed E-state index contributed by atoms with van der Waals surface area (Å²) in [6.45, 7) is 3.28. The number of thiophene rings is 1. The topological polar surface area (TPSA) is 49.3 Å². The third-order valence-corrected chi connectivity index (χ3v) is 1.80. The monoisotopic (exact) mass is 169 g/mol. The largest absolute Gasteiger partial charge is 0.498 e. The zero-order chi connectivity index (χ0) is 8.27. The molecule has 0 unspecified atom stereocenters. The van der Waals surface area contributed by atoms with Crippen LogP contribution in [-0.2, 0) is 4.79 Å². The predicted molar refractivity (Wildman–Crippen MR) is 44.8 cm³/mol. The van der Waals surface area contributed by atoms with E-state index in [0.717, 1.165) is 17.4 Å². The summed E-state index contributed by atoms with van der Waals surface area (Å²) in [7, 11) is 0. The van der Waals surface area contributed by atoms with E-state index in [4.69, 9.17) is 5.11 Å². The number of hydrogen-bond donors (Lipinski definition) is 2. The van der Waals surface area contributed by atoms with E-state index in [9.17, 15) is 4.79 Å². The van der Waals surface area contributed by atoms with Crippen molar-refractivity contribution in [3.05, 3.63) is 24.1 Å². The van der Waals surface area contributed by atoms with Crippen LogP contribution in [-0.4, -0.2) is 11.0 Å². The fourth-order valence-corrected chi connectivity index (χ4v) is 1.16. The van der Waals surface area contributed by atoms with Crippen LogP contribution in [0, 0.1) is 0 Å². The molecule has 0 saturated carbocycles. The van der Waals surface area contributed by atoms with Gasteiger partial charge < -0.3 is 10.4 Å². The normalized spacial score (nSPS) is 9.09. The van der Waals surface area contributed by atoms with Crippen LogP contribution in [0.15, 0.2) is 24.1 Å². The van der Waals surface area contributed by atoms with Crippen LogP contribution in [0.5, 0.6) is 5.06 Å². The van der Waals surface area contributed by atoms with Crippen molar-refractivity contribution >= 4 is 22.9 Å². The Hall–Kier alpha value is -1.29. The van der Waals surface area contributed by atoms with E-state index >= 15 is 0 Å². The number of nitrogens with one attached hydrogen (secondary N) is 1. The fourth-order valence-electron chi connectivity index (χ4n) is 0.580. The number of amides is 1. The first kappa shape index (κ1) is 7.81. The van der Waals surface area contributed by atoms with Gasteiger partial charge in [0.05, 0.1) is 5.69 Å². The van der Waals surface area contributed by atoms with Crippen molar-refractivity contribution in [1.82, 2.24) is 0 Å². The molecule has 0 aliphatic rings. The molecule has 0 atom stereocenters. The molecule has 58 valence electrons. The van der Waals surface area contributed by atoms with Crippen molar-refractivity contribution in [2.45, 2.75) is 0 Å². The standard InChI is InChI=1S/C7H7NO2S/c1-2-6(9)8-5-3-4-11-7(5)10/h2-4,10H,1H2,(H,8,9). The van der Waals surface area contributed by atoms with E-state index in [2.05, 4.69) is 11.9 Å². The molecule has 11 heavy (non-hydrogen) atoms. The third-order valence-electron chi connectivity index (χ3n) is 1.09. The average Bonchev–Trinajstić information content (AvgIpc) is 2.37. The van der Waals surface area contributed by atoms with Gasteiger partial charge in [0.15, 0.2) is 5.06 Å². The minimum atomic E-state index is -0.321. The molecule has 0 saturated heterocycles. The highest BCUT2D eigenvalue weighted by Gasteiger charge is 2.02. The lowest BCUT2D eigenvalue weighted by Gasteiger charge is -1.96. The van der Waals surface area contributed by atoms with Crippen molar-refractivity contribution in [3.8, 4) is 5.06 Å². The Labute approximate surface area is 68.0 Å². The average molecular weight is 169 g/mol. The Balaban J connectivity index is 2.71. The number of hydrogen-bond acceptors (Lipinski definition) is 3. The highest BCUT2D eigenvalue weighted by Crippen LogP contribution is 2.28. The van der Waals surface area contributed by atoms with E-state index in [-0.39, 0.29) is 11.0 Å². The van der Waals surface area contributed by atoms with Crippen LogP contribution < -0.4 is 5.32 Å². The maximum atomic E-state index is 10.7. The molecular weight excluding hydrogens is 162 g/mol. The van der Waals surface area contributed by atoms with E-state index in [1.807, 2.05) is 0 Å². The lowest BCUT2D eigenvalue weighted by Crippen LogP contribution is -2.06. The molecule has 0 bridgehead atoms. The molecule has 1 amide bonds. The molecule has 1 rings (SSSR count). The van der Waals surface area contributed by atoms with Crippen molar-refractivity contribution in [1.29, 1.82) is 0 Å². The van der Waals surface area contributed by atoms with E-state index in [0.29, 0.717) is 5.69 Å². The van der Waals surface area contributed by atoms with Gasteiger partial charge in [-0.25, -0.2) is 0 Å². The molecule has 1 heterocycles. The van der Waals surface area contributed by atoms with E-state index < -0.39 is 0 Å². The van der Waals surface area contributed by atoms with Crippen molar-refractivity contribution < 1.29 is 9.90 Å². The summed E-state index contributed by atoms with van der Waals surface area (Å²) in [5, 5.41) is 13.3. The molecule has 1 aromatic heterocycles. The molecule has 0 fully saturated rings. The third kappa shape index (κ3) is 1.81. The molecule has 0 aliphatic carbocycles. The maximum absolute atomic E-state index is 10.7. The predicted octanol–water partition coefficient (Wildman–Crippen LogP) is 1.58. The van der Waals surface area contributed by atoms with E-state index in [1.165, 1.54) is 0 Å². The van der Waals surface area contributed by atoms with Gasteiger partial charge in [0.25, 0.3) is 0 Å². The smallest absolute Gasteiger partial charge is 0.247 e. The summed E-state index contributed by atoms with van der Waals surface area (Å²) < 4.78 is 0. The first-order valence-electron chi connectivity index (χ1n) is 2.94. The highest BCUT2D eigenvalue weighted by atomic mass is 32.1. The molecule has 2 N–H and O–H groups in total. The van der Waals surface area contributed by atoms with Crippen LogP contribution in [0.1, 0.15) is 0 Å². The minimum Gasteiger partial charge on any atom is -0.498 e. The van der Waals surface area contributed by atoms with Gasteiger partial charge in [-0.05, 0) is 17.5 Å². The lowest BCUT2D eigenvalue weighted by molar-refractivity contribution is -0.111. The number of rotatable bonds is 2. The Morgan fingerprint density at radius 3 is 3.00 bits per heavy atom. The summed E-state index contributed by atoms with van der Waals surface area (Å²) >= 11 is 1.16. The van der Waals surface area contributed by atoms with Crippen LogP contribution in [0.3, 0.4) is 0 Å². The van der Waals surface area contributed by atoms with Crippen molar-refractivity contribution in [2.75, 3.05) is 5.32 Å². The molecular formula is C7H7NO2S. The number of aromatic hydroxyl groups is 1. The van der Waals surface area contributed by atoms with Crippen LogP contribution >= 0.6 is 11.3 Å². The molecule has 0 aromatic carbocycles. The molecule has 3 nitrogen and oxygen atoms in total. The molecule has 4 heteroatoms. The zero-order valence-electron chi connectivity index (χ0n) is 5.70. The zero-order valence-corrected chi connectivity index (χ0v) is 6.52. The fraction of sp³-hybridized carbons (Fsp3) is 0. The quantitative estimate of drug-likeness (QED) is 0.660. The van der Waals surface area contributed by atoms with Gasteiger partial charge in [-0.2, -0.15) is 0 Å². The van der Waals surface area contributed by atoms with Gasteiger partial charge in [-0.3, -0.25) is 4.79 Å². The first-order chi connectivity index (χ1) is 5.24. The summed E-state index contributed by atoms with van der Waals surface area (Å²) in [5.74, 6) is -0.321. The van der Waals surface area contributed by atoms with Crippen LogP contribution in [0.25, 0.3) is 0 Å².